The summed E-state index contributed by atoms with van der Waals surface area (Å²) in [5, 5.41) is 3.00. The number of sulfone groups is 1. The maximum Gasteiger partial charge on any atom is 0.150 e. The molecule has 0 aromatic heterocycles. The van der Waals surface area contributed by atoms with Crippen molar-refractivity contribution in [3.63, 3.8) is 0 Å². The lowest BCUT2D eigenvalue weighted by Crippen LogP contribution is -2.24. The molecule has 1 atom stereocenters. The first-order valence-corrected chi connectivity index (χ1v) is 5.71. The van der Waals surface area contributed by atoms with Gasteiger partial charge in [0.25, 0.3) is 0 Å². The van der Waals surface area contributed by atoms with E-state index < -0.39 is 9.84 Å². The first-order chi connectivity index (χ1) is 5.02. The van der Waals surface area contributed by atoms with E-state index in [0.717, 1.165) is 0 Å². The molecular weight excluding hydrogens is 162 g/mol. The molecule has 0 aliphatic rings. The smallest absolute Gasteiger partial charge is 0.150 e. The van der Waals surface area contributed by atoms with Crippen LogP contribution in [0, 0.1) is 0 Å². The summed E-state index contributed by atoms with van der Waals surface area (Å²) in [5.41, 5.74) is 0. The Morgan fingerprint density at radius 2 is 2.00 bits per heavy atom. The number of hydrogen-bond acceptors (Lipinski definition) is 3. The molecule has 68 valence electrons. The molecule has 0 saturated carbocycles. The van der Waals surface area contributed by atoms with Crippen LogP contribution in [0.15, 0.2) is 0 Å². The van der Waals surface area contributed by atoms with E-state index in [-0.39, 0.29) is 11.8 Å². The SMILES string of the molecule is CCS(=O)(=O)CCC(C)NC. The molecule has 0 radical (unpaired) electrons. The Labute approximate surface area is 69.1 Å². The molecule has 1 unspecified atom stereocenters. The second-order valence-corrected chi connectivity index (χ2v) is 5.19. The molecular formula is C7H17NO2S. The standard InChI is InChI=1S/C7H17NO2S/c1-4-11(9,10)6-5-7(2)8-3/h7-8H,4-6H2,1-3H3. The van der Waals surface area contributed by atoms with Gasteiger partial charge in [0.1, 0.15) is 9.84 Å². The molecule has 3 nitrogen and oxygen atoms in total. The minimum atomic E-state index is -2.76. The third kappa shape index (κ3) is 5.21. The van der Waals surface area contributed by atoms with Gasteiger partial charge >= 0.3 is 0 Å². The zero-order valence-electron chi connectivity index (χ0n) is 7.42. The van der Waals surface area contributed by atoms with Gasteiger partial charge in [-0.2, -0.15) is 0 Å². The highest BCUT2D eigenvalue weighted by atomic mass is 32.2. The molecule has 0 saturated heterocycles. The summed E-state index contributed by atoms with van der Waals surface area (Å²) >= 11 is 0. The third-order valence-electron chi connectivity index (χ3n) is 1.79. The Morgan fingerprint density at radius 3 is 2.36 bits per heavy atom. The van der Waals surface area contributed by atoms with Crippen LogP contribution < -0.4 is 5.32 Å². The summed E-state index contributed by atoms with van der Waals surface area (Å²) in [5.74, 6) is 0.551. The van der Waals surface area contributed by atoms with Gasteiger partial charge in [0.15, 0.2) is 0 Å². The summed E-state index contributed by atoms with van der Waals surface area (Å²) in [4.78, 5) is 0. The molecule has 11 heavy (non-hydrogen) atoms. The minimum Gasteiger partial charge on any atom is -0.317 e. The van der Waals surface area contributed by atoms with Gasteiger partial charge in [-0.05, 0) is 20.4 Å². The molecule has 0 aromatic carbocycles. The molecule has 4 heteroatoms. The van der Waals surface area contributed by atoms with E-state index in [4.69, 9.17) is 0 Å². The highest BCUT2D eigenvalue weighted by molar-refractivity contribution is 7.91. The largest absolute Gasteiger partial charge is 0.317 e. The minimum absolute atomic E-state index is 0.253. The Hall–Kier alpha value is -0.0900. The van der Waals surface area contributed by atoms with Crippen LogP contribution in [0.4, 0.5) is 0 Å². The fraction of sp³-hybridized carbons (Fsp3) is 1.00. The summed E-state index contributed by atoms with van der Waals surface area (Å²) in [6, 6.07) is 0.288. The van der Waals surface area contributed by atoms with Crippen LogP contribution in [0.2, 0.25) is 0 Å². The van der Waals surface area contributed by atoms with E-state index in [1.54, 1.807) is 6.92 Å². The molecule has 0 bridgehead atoms. The van der Waals surface area contributed by atoms with Gasteiger partial charge < -0.3 is 5.32 Å². The quantitative estimate of drug-likeness (QED) is 0.665. The monoisotopic (exact) mass is 179 g/mol. The van der Waals surface area contributed by atoms with Gasteiger partial charge in [-0.25, -0.2) is 8.42 Å². The molecule has 0 fully saturated rings. The Kier molecular flexibility index (Phi) is 4.68. The van der Waals surface area contributed by atoms with Gasteiger partial charge in [0, 0.05) is 11.8 Å². The molecule has 0 aliphatic carbocycles. The highest BCUT2D eigenvalue weighted by Crippen LogP contribution is 1.96. The summed E-state index contributed by atoms with van der Waals surface area (Å²) in [7, 11) is -0.928. The second kappa shape index (κ2) is 4.72. The Morgan fingerprint density at radius 1 is 1.45 bits per heavy atom. The Bertz CT molecular complexity index is 187. The van der Waals surface area contributed by atoms with Gasteiger partial charge in [-0.15, -0.1) is 0 Å². The number of rotatable bonds is 5. The second-order valence-electron chi connectivity index (χ2n) is 2.71. The van der Waals surface area contributed by atoms with E-state index in [2.05, 4.69) is 5.32 Å². The van der Waals surface area contributed by atoms with E-state index in [9.17, 15) is 8.42 Å². The molecule has 0 spiro atoms. The zero-order valence-corrected chi connectivity index (χ0v) is 8.24. The summed E-state index contributed by atoms with van der Waals surface area (Å²) in [6.45, 7) is 3.66. The van der Waals surface area contributed by atoms with Crippen LogP contribution in [0.3, 0.4) is 0 Å². The molecule has 0 aliphatic heterocycles. The zero-order chi connectivity index (χ0) is 8.91. The van der Waals surface area contributed by atoms with Crippen LogP contribution in [0.5, 0.6) is 0 Å². The lowest BCUT2D eigenvalue weighted by molar-refractivity contribution is 0.566. The van der Waals surface area contributed by atoms with Gasteiger partial charge in [0.05, 0.1) is 5.75 Å². The van der Waals surface area contributed by atoms with Crippen molar-refractivity contribution in [1.82, 2.24) is 5.32 Å². The summed E-state index contributed by atoms with van der Waals surface area (Å²) in [6.07, 6.45) is 0.701. The summed E-state index contributed by atoms with van der Waals surface area (Å²) < 4.78 is 22.0. The maximum absolute atomic E-state index is 11.0. The van der Waals surface area contributed by atoms with Crippen LogP contribution in [-0.4, -0.2) is 33.0 Å². The van der Waals surface area contributed by atoms with Crippen LogP contribution in [-0.2, 0) is 9.84 Å². The van der Waals surface area contributed by atoms with Crippen molar-refractivity contribution in [2.24, 2.45) is 0 Å². The topological polar surface area (TPSA) is 46.2 Å². The highest BCUT2D eigenvalue weighted by Gasteiger charge is 2.08. The van der Waals surface area contributed by atoms with E-state index in [1.165, 1.54) is 0 Å². The molecule has 0 rings (SSSR count). The first kappa shape index (κ1) is 10.9. The van der Waals surface area contributed by atoms with Crippen molar-refractivity contribution in [1.29, 1.82) is 0 Å². The van der Waals surface area contributed by atoms with Gasteiger partial charge in [-0.3, -0.25) is 0 Å². The molecule has 0 heterocycles. The lowest BCUT2D eigenvalue weighted by atomic mass is 10.3. The fourth-order valence-corrected chi connectivity index (χ4v) is 1.65. The van der Waals surface area contributed by atoms with Crippen LogP contribution >= 0.6 is 0 Å². The van der Waals surface area contributed by atoms with Crippen molar-refractivity contribution in [3.8, 4) is 0 Å². The first-order valence-electron chi connectivity index (χ1n) is 3.89. The Balaban J connectivity index is 3.71. The molecule has 0 aromatic rings. The molecule has 0 amide bonds. The number of nitrogens with one attached hydrogen (secondary N) is 1. The number of hydrogen-bond donors (Lipinski definition) is 1. The normalized spacial score (nSPS) is 14.8. The van der Waals surface area contributed by atoms with Gasteiger partial charge in [-0.1, -0.05) is 6.92 Å². The predicted molar refractivity (Wildman–Crippen MR) is 47.5 cm³/mol. The predicted octanol–water partition coefficient (Wildman–Crippen LogP) is 0.419. The maximum atomic E-state index is 11.0. The van der Waals surface area contributed by atoms with Crippen molar-refractivity contribution >= 4 is 9.84 Å². The van der Waals surface area contributed by atoms with E-state index in [0.29, 0.717) is 12.2 Å². The molecule has 1 N–H and O–H groups in total. The fourth-order valence-electron chi connectivity index (χ4n) is 0.645. The van der Waals surface area contributed by atoms with Crippen molar-refractivity contribution in [2.45, 2.75) is 26.3 Å². The van der Waals surface area contributed by atoms with Crippen LogP contribution in [0.1, 0.15) is 20.3 Å². The average Bonchev–Trinajstić information content (AvgIpc) is 2.00. The third-order valence-corrected chi connectivity index (χ3v) is 3.53. The van der Waals surface area contributed by atoms with E-state index in [1.807, 2.05) is 14.0 Å². The van der Waals surface area contributed by atoms with Crippen molar-refractivity contribution in [3.05, 3.63) is 0 Å². The lowest BCUT2D eigenvalue weighted by Gasteiger charge is -2.08. The average molecular weight is 179 g/mol. The van der Waals surface area contributed by atoms with Gasteiger partial charge in [0.2, 0.25) is 0 Å². The van der Waals surface area contributed by atoms with E-state index >= 15 is 0 Å². The van der Waals surface area contributed by atoms with Crippen LogP contribution in [0.25, 0.3) is 0 Å². The van der Waals surface area contributed by atoms with Crippen molar-refractivity contribution < 1.29 is 8.42 Å². The van der Waals surface area contributed by atoms with Crippen molar-refractivity contribution in [2.75, 3.05) is 18.6 Å².